The lowest BCUT2D eigenvalue weighted by Crippen LogP contribution is -2.17. The highest BCUT2D eigenvalue weighted by Crippen LogP contribution is 2.21. The van der Waals surface area contributed by atoms with Crippen LogP contribution in [0.15, 0.2) is 34.8 Å². The highest BCUT2D eigenvalue weighted by molar-refractivity contribution is 9.10. The van der Waals surface area contributed by atoms with Crippen molar-refractivity contribution < 1.29 is 19.1 Å². The van der Waals surface area contributed by atoms with Crippen LogP contribution in [0.3, 0.4) is 0 Å². The van der Waals surface area contributed by atoms with Crippen LogP contribution in [0.2, 0.25) is 0 Å². The summed E-state index contributed by atoms with van der Waals surface area (Å²) in [5, 5.41) is 0. The standard InChI is InChI=1S/C19H22BrNO4/c1-12-8-17(14(3)21(12)13(2)10-24-4)18(22)11-25-19(23)15-6-5-7-16(20)9-15/h5-9,13H,10-11H2,1-4H3/t13-/m1/s1. The van der Waals surface area contributed by atoms with E-state index < -0.39 is 5.97 Å². The maximum absolute atomic E-state index is 12.5. The zero-order chi connectivity index (χ0) is 18.6. The number of nitrogens with zero attached hydrogens (tertiary/aromatic N) is 1. The molecule has 1 aromatic heterocycles. The van der Waals surface area contributed by atoms with Crippen LogP contribution in [0.4, 0.5) is 0 Å². The van der Waals surface area contributed by atoms with Crippen molar-refractivity contribution in [2.75, 3.05) is 20.3 Å². The average Bonchev–Trinajstić information content (AvgIpc) is 2.87. The molecule has 134 valence electrons. The second-order valence-corrected chi connectivity index (χ2v) is 6.88. The Morgan fingerprint density at radius 2 is 1.96 bits per heavy atom. The van der Waals surface area contributed by atoms with Crippen LogP contribution in [0.5, 0.6) is 0 Å². The molecule has 0 bridgehead atoms. The van der Waals surface area contributed by atoms with E-state index in [4.69, 9.17) is 9.47 Å². The van der Waals surface area contributed by atoms with Crippen LogP contribution >= 0.6 is 15.9 Å². The lowest BCUT2D eigenvalue weighted by atomic mass is 10.1. The SMILES string of the molecule is COC[C@@H](C)n1c(C)cc(C(=O)COC(=O)c2cccc(Br)c2)c1C. The molecule has 2 aromatic rings. The zero-order valence-electron chi connectivity index (χ0n) is 14.8. The number of ether oxygens (including phenoxy) is 2. The number of halogens is 1. The van der Waals surface area contributed by atoms with Crippen molar-refractivity contribution in [3.05, 3.63) is 57.3 Å². The fraction of sp³-hybridized carbons (Fsp3) is 0.368. The van der Waals surface area contributed by atoms with Crippen molar-refractivity contribution in [1.82, 2.24) is 4.57 Å². The van der Waals surface area contributed by atoms with Crippen LogP contribution in [-0.2, 0) is 9.47 Å². The van der Waals surface area contributed by atoms with Crippen LogP contribution in [0.25, 0.3) is 0 Å². The molecule has 0 radical (unpaired) electrons. The normalized spacial score (nSPS) is 12.0. The lowest BCUT2D eigenvalue weighted by molar-refractivity contribution is 0.0474. The molecular formula is C19H22BrNO4. The van der Waals surface area contributed by atoms with Crippen LogP contribution in [-0.4, -0.2) is 36.6 Å². The Kier molecular flexibility index (Phi) is 6.56. The largest absolute Gasteiger partial charge is 0.454 e. The van der Waals surface area contributed by atoms with Crippen molar-refractivity contribution >= 4 is 27.7 Å². The van der Waals surface area contributed by atoms with E-state index in [1.165, 1.54) is 0 Å². The summed E-state index contributed by atoms with van der Waals surface area (Å²) in [7, 11) is 1.65. The van der Waals surface area contributed by atoms with E-state index in [-0.39, 0.29) is 18.4 Å². The van der Waals surface area contributed by atoms with Gasteiger partial charge in [0.1, 0.15) is 0 Å². The summed E-state index contributed by atoms with van der Waals surface area (Å²) in [6.07, 6.45) is 0. The molecule has 0 N–H and O–H groups in total. The van der Waals surface area contributed by atoms with E-state index in [2.05, 4.69) is 20.5 Å². The number of Topliss-reactive ketones (excluding diaryl/α,β-unsaturated/α-hetero) is 1. The minimum atomic E-state index is -0.517. The molecule has 5 nitrogen and oxygen atoms in total. The van der Waals surface area contributed by atoms with Gasteiger partial charge < -0.3 is 14.0 Å². The van der Waals surface area contributed by atoms with Gasteiger partial charge in [0.15, 0.2) is 6.61 Å². The number of esters is 1. The molecule has 0 saturated heterocycles. The molecule has 2 rings (SSSR count). The summed E-state index contributed by atoms with van der Waals surface area (Å²) in [5.74, 6) is -0.733. The summed E-state index contributed by atoms with van der Waals surface area (Å²) >= 11 is 3.31. The van der Waals surface area contributed by atoms with Gasteiger partial charge in [-0.15, -0.1) is 0 Å². The van der Waals surface area contributed by atoms with Gasteiger partial charge in [0.05, 0.1) is 18.2 Å². The van der Waals surface area contributed by atoms with E-state index >= 15 is 0 Å². The molecule has 6 heteroatoms. The van der Waals surface area contributed by atoms with Crippen molar-refractivity contribution in [1.29, 1.82) is 0 Å². The fourth-order valence-electron chi connectivity index (χ4n) is 2.96. The summed E-state index contributed by atoms with van der Waals surface area (Å²) in [5.41, 5.74) is 2.80. The predicted molar refractivity (Wildman–Crippen MR) is 99.2 cm³/mol. The van der Waals surface area contributed by atoms with Gasteiger partial charge >= 0.3 is 5.97 Å². The maximum Gasteiger partial charge on any atom is 0.338 e. The average molecular weight is 408 g/mol. The van der Waals surface area contributed by atoms with Crippen molar-refractivity contribution in [3.63, 3.8) is 0 Å². The minimum Gasteiger partial charge on any atom is -0.454 e. The molecule has 0 aliphatic heterocycles. The molecule has 25 heavy (non-hydrogen) atoms. The number of benzene rings is 1. The van der Waals surface area contributed by atoms with Gasteiger partial charge in [-0.25, -0.2) is 4.79 Å². The number of methoxy groups -OCH3 is 1. The number of aromatic nitrogens is 1. The first-order valence-corrected chi connectivity index (χ1v) is 8.77. The first kappa shape index (κ1) is 19.4. The number of hydrogen-bond donors (Lipinski definition) is 0. The first-order valence-electron chi connectivity index (χ1n) is 7.98. The van der Waals surface area contributed by atoms with Gasteiger partial charge in [0.25, 0.3) is 0 Å². The molecule has 0 unspecified atom stereocenters. The Balaban J connectivity index is 2.09. The second-order valence-electron chi connectivity index (χ2n) is 5.97. The predicted octanol–water partition coefficient (Wildman–Crippen LogP) is 4.11. The number of carbonyl (C=O) groups is 2. The van der Waals surface area contributed by atoms with Gasteiger partial charge in [-0.05, 0) is 45.0 Å². The summed E-state index contributed by atoms with van der Waals surface area (Å²) in [6.45, 7) is 6.15. The number of rotatable bonds is 7. The minimum absolute atomic E-state index is 0.121. The highest BCUT2D eigenvalue weighted by atomic mass is 79.9. The Labute approximate surface area is 156 Å². The van der Waals surface area contributed by atoms with Crippen molar-refractivity contribution in [2.45, 2.75) is 26.8 Å². The molecule has 0 saturated carbocycles. The Bertz CT molecular complexity index is 782. The van der Waals surface area contributed by atoms with Gasteiger partial charge in [-0.3, -0.25) is 4.79 Å². The summed E-state index contributed by atoms with van der Waals surface area (Å²) in [4.78, 5) is 24.5. The molecule has 0 fully saturated rings. The topological polar surface area (TPSA) is 57.5 Å². The molecular weight excluding hydrogens is 386 g/mol. The van der Waals surface area contributed by atoms with Gasteiger partial charge in [-0.2, -0.15) is 0 Å². The number of hydrogen-bond acceptors (Lipinski definition) is 4. The molecule has 1 heterocycles. The Morgan fingerprint density at radius 3 is 2.60 bits per heavy atom. The smallest absolute Gasteiger partial charge is 0.338 e. The number of carbonyl (C=O) groups excluding carboxylic acids is 2. The summed E-state index contributed by atoms with van der Waals surface area (Å²) in [6, 6.07) is 8.82. The maximum atomic E-state index is 12.5. The summed E-state index contributed by atoms with van der Waals surface area (Å²) < 4.78 is 13.2. The number of aryl methyl sites for hydroxylation is 1. The zero-order valence-corrected chi connectivity index (χ0v) is 16.4. The van der Waals surface area contributed by atoms with E-state index in [9.17, 15) is 9.59 Å². The van der Waals surface area contributed by atoms with Crippen molar-refractivity contribution in [2.24, 2.45) is 0 Å². The molecule has 0 amide bonds. The van der Waals surface area contributed by atoms with Gasteiger partial charge in [-0.1, -0.05) is 22.0 Å². The Morgan fingerprint density at radius 1 is 1.24 bits per heavy atom. The van der Waals surface area contributed by atoms with Crippen LogP contribution in [0.1, 0.15) is 45.1 Å². The lowest BCUT2D eigenvalue weighted by Gasteiger charge is -2.17. The number of ketones is 1. The van der Waals surface area contributed by atoms with E-state index in [0.29, 0.717) is 17.7 Å². The molecule has 0 aliphatic rings. The third-order valence-corrected chi connectivity index (χ3v) is 4.52. The molecule has 0 spiro atoms. The first-order chi connectivity index (χ1) is 11.8. The van der Waals surface area contributed by atoms with Crippen molar-refractivity contribution in [3.8, 4) is 0 Å². The molecule has 0 aliphatic carbocycles. The Hall–Kier alpha value is -1.92. The second kappa shape index (κ2) is 8.45. The fourth-order valence-corrected chi connectivity index (χ4v) is 3.36. The highest BCUT2D eigenvalue weighted by Gasteiger charge is 2.20. The third kappa shape index (κ3) is 4.58. The van der Waals surface area contributed by atoms with Gasteiger partial charge in [0.2, 0.25) is 5.78 Å². The molecule has 1 atom stereocenters. The van der Waals surface area contributed by atoms with Crippen LogP contribution in [0, 0.1) is 13.8 Å². The van der Waals surface area contributed by atoms with E-state index in [0.717, 1.165) is 15.9 Å². The van der Waals surface area contributed by atoms with Crippen LogP contribution < -0.4 is 0 Å². The van der Waals surface area contributed by atoms with E-state index in [1.54, 1.807) is 25.3 Å². The van der Waals surface area contributed by atoms with E-state index in [1.807, 2.05) is 32.9 Å². The quantitative estimate of drug-likeness (QED) is 0.511. The third-order valence-electron chi connectivity index (χ3n) is 4.03. The monoisotopic (exact) mass is 407 g/mol. The molecule has 1 aromatic carbocycles. The van der Waals surface area contributed by atoms with Gasteiger partial charge in [0, 0.05) is 28.5 Å².